The van der Waals surface area contributed by atoms with E-state index in [1.807, 2.05) is 24.3 Å². The Labute approximate surface area is 102 Å². The summed E-state index contributed by atoms with van der Waals surface area (Å²) in [5, 5.41) is 3.35. The van der Waals surface area contributed by atoms with Gasteiger partial charge in [0, 0.05) is 18.2 Å². The molecule has 1 unspecified atom stereocenters. The van der Waals surface area contributed by atoms with Crippen LogP contribution in [0.5, 0.6) is 0 Å². The summed E-state index contributed by atoms with van der Waals surface area (Å²) in [7, 11) is 0. The van der Waals surface area contributed by atoms with Crippen molar-refractivity contribution < 1.29 is 4.42 Å². The molecular formula is C14H18N2O. The number of rotatable bonds is 6. The van der Waals surface area contributed by atoms with Gasteiger partial charge in [-0.1, -0.05) is 30.3 Å². The van der Waals surface area contributed by atoms with Gasteiger partial charge in [0.05, 0.1) is 12.5 Å². The molecule has 0 aliphatic rings. The molecule has 3 heteroatoms. The molecule has 3 N–H and O–H groups in total. The monoisotopic (exact) mass is 230 g/mol. The van der Waals surface area contributed by atoms with Gasteiger partial charge >= 0.3 is 0 Å². The number of benzene rings is 1. The molecule has 0 radical (unpaired) electrons. The van der Waals surface area contributed by atoms with Crippen LogP contribution in [-0.2, 0) is 6.54 Å². The van der Waals surface area contributed by atoms with Crippen LogP contribution >= 0.6 is 0 Å². The van der Waals surface area contributed by atoms with Crippen LogP contribution in [0.25, 0.3) is 0 Å². The predicted molar refractivity (Wildman–Crippen MR) is 68.4 cm³/mol. The molecule has 17 heavy (non-hydrogen) atoms. The lowest BCUT2D eigenvalue weighted by Gasteiger charge is -2.12. The minimum atomic E-state index is 0.105. The minimum Gasteiger partial charge on any atom is -0.472 e. The van der Waals surface area contributed by atoms with Gasteiger partial charge in [0.15, 0.2) is 0 Å². The van der Waals surface area contributed by atoms with Crippen LogP contribution in [0.4, 0.5) is 0 Å². The van der Waals surface area contributed by atoms with Gasteiger partial charge in [-0.15, -0.1) is 0 Å². The third kappa shape index (κ3) is 3.73. The van der Waals surface area contributed by atoms with Crippen molar-refractivity contribution >= 4 is 0 Å². The van der Waals surface area contributed by atoms with Crippen molar-refractivity contribution in [2.75, 3.05) is 6.54 Å². The molecule has 0 saturated heterocycles. The molecule has 2 aromatic rings. The third-order valence-electron chi connectivity index (χ3n) is 2.77. The van der Waals surface area contributed by atoms with E-state index in [4.69, 9.17) is 10.2 Å². The predicted octanol–water partition coefficient (Wildman–Crippen LogP) is 2.46. The number of nitrogens with one attached hydrogen (secondary N) is 1. The summed E-state index contributed by atoms with van der Waals surface area (Å²) in [5.74, 6) is 0. The first-order valence-corrected chi connectivity index (χ1v) is 5.88. The summed E-state index contributed by atoms with van der Waals surface area (Å²) in [6, 6.07) is 12.3. The standard InChI is InChI=1S/C14H18N2O/c15-14(13-4-2-1-3-5-13)6-8-16-10-12-7-9-17-11-12/h1-5,7,9,11,14,16H,6,8,10,15H2. The Morgan fingerprint density at radius 2 is 2.00 bits per heavy atom. The molecule has 0 aliphatic carbocycles. The molecule has 1 aromatic heterocycles. The number of nitrogens with two attached hydrogens (primary N) is 1. The number of hydrogen-bond acceptors (Lipinski definition) is 3. The lowest BCUT2D eigenvalue weighted by molar-refractivity contribution is 0.553. The normalized spacial score (nSPS) is 12.5. The van der Waals surface area contributed by atoms with Gasteiger partial charge in [-0.2, -0.15) is 0 Å². The molecule has 1 heterocycles. The van der Waals surface area contributed by atoms with Gasteiger partial charge in [0.2, 0.25) is 0 Å². The second kappa shape index (κ2) is 6.23. The van der Waals surface area contributed by atoms with Gasteiger partial charge in [-0.05, 0) is 24.6 Å². The topological polar surface area (TPSA) is 51.2 Å². The van der Waals surface area contributed by atoms with Crippen molar-refractivity contribution in [3.8, 4) is 0 Å². The lowest BCUT2D eigenvalue weighted by Crippen LogP contribution is -2.20. The highest BCUT2D eigenvalue weighted by molar-refractivity contribution is 5.18. The Bertz CT molecular complexity index is 411. The average molecular weight is 230 g/mol. The molecule has 1 aromatic carbocycles. The van der Waals surface area contributed by atoms with Gasteiger partial charge in [-0.3, -0.25) is 0 Å². The maximum Gasteiger partial charge on any atom is 0.0947 e. The van der Waals surface area contributed by atoms with Gasteiger partial charge in [0.1, 0.15) is 0 Å². The summed E-state index contributed by atoms with van der Waals surface area (Å²) in [4.78, 5) is 0. The highest BCUT2D eigenvalue weighted by Crippen LogP contribution is 2.12. The maximum absolute atomic E-state index is 6.10. The van der Waals surface area contributed by atoms with E-state index in [-0.39, 0.29) is 6.04 Å². The summed E-state index contributed by atoms with van der Waals surface area (Å²) >= 11 is 0. The second-order valence-electron chi connectivity index (χ2n) is 4.11. The van der Waals surface area contributed by atoms with E-state index in [9.17, 15) is 0 Å². The van der Waals surface area contributed by atoms with Crippen LogP contribution in [0.2, 0.25) is 0 Å². The van der Waals surface area contributed by atoms with Crippen molar-refractivity contribution in [3.05, 3.63) is 60.1 Å². The molecule has 0 aliphatic heterocycles. The Morgan fingerprint density at radius 1 is 1.18 bits per heavy atom. The van der Waals surface area contributed by atoms with E-state index >= 15 is 0 Å². The van der Waals surface area contributed by atoms with Gasteiger partial charge < -0.3 is 15.5 Å². The van der Waals surface area contributed by atoms with Crippen LogP contribution in [0, 0.1) is 0 Å². The van der Waals surface area contributed by atoms with E-state index in [1.165, 1.54) is 11.1 Å². The quantitative estimate of drug-likeness (QED) is 0.749. The average Bonchev–Trinajstić information content (AvgIpc) is 2.88. The second-order valence-corrected chi connectivity index (χ2v) is 4.11. The van der Waals surface area contributed by atoms with Gasteiger partial charge in [0.25, 0.3) is 0 Å². The Morgan fingerprint density at radius 3 is 2.71 bits per heavy atom. The first kappa shape index (κ1) is 11.9. The highest BCUT2D eigenvalue weighted by Gasteiger charge is 2.04. The lowest BCUT2D eigenvalue weighted by atomic mass is 10.1. The fraction of sp³-hybridized carbons (Fsp3) is 0.286. The van der Waals surface area contributed by atoms with Crippen molar-refractivity contribution in [1.29, 1.82) is 0 Å². The van der Waals surface area contributed by atoms with Crippen LogP contribution in [0.15, 0.2) is 53.3 Å². The molecule has 0 amide bonds. The Hall–Kier alpha value is -1.58. The van der Waals surface area contributed by atoms with Gasteiger partial charge in [-0.25, -0.2) is 0 Å². The minimum absolute atomic E-state index is 0.105. The van der Waals surface area contributed by atoms with Crippen LogP contribution in [-0.4, -0.2) is 6.54 Å². The molecule has 1 atom stereocenters. The van der Waals surface area contributed by atoms with Crippen LogP contribution in [0.1, 0.15) is 23.6 Å². The largest absolute Gasteiger partial charge is 0.472 e. The fourth-order valence-electron chi connectivity index (χ4n) is 1.75. The summed E-state index contributed by atoms with van der Waals surface area (Å²) in [6.45, 7) is 1.74. The van der Waals surface area contributed by atoms with E-state index in [0.717, 1.165) is 19.5 Å². The molecule has 3 nitrogen and oxygen atoms in total. The zero-order chi connectivity index (χ0) is 11.9. The van der Waals surface area contributed by atoms with E-state index in [1.54, 1.807) is 12.5 Å². The van der Waals surface area contributed by atoms with E-state index in [0.29, 0.717) is 0 Å². The van der Waals surface area contributed by atoms with Crippen molar-refractivity contribution in [1.82, 2.24) is 5.32 Å². The fourth-order valence-corrected chi connectivity index (χ4v) is 1.75. The van der Waals surface area contributed by atoms with Crippen LogP contribution in [0.3, 0.4) is 0 Å². The molecule has 90 valence electrons. The van der Waals surface area contributed by atoms with E-state index in [2.05, 4.69) is 17.4 Å². The number of hydrogen-bond donors (Lipinski definition) is 2. The smallest absolute Gasteiger partial charge is 0.0947 e. The zero-order valence-electron chi connectivity index (χ0n) is 9.80. The summed E-state index contributed by atoms with van der Waals surface area (Å²) < 4.78 is 5.00. The zero-order valence-corrected chi connectivity index (χ0v) is 9.80. The molecule has 0 fully saturated rings. The molecule has 0 saturated carbocycles. The first-order chi connectivity index (χ1) is 8.36. The molecular weight excluding hydrogens is 212 g/mol. The Kier molecular flexibility index (Phi) is 4.36. The molecule has 0 bridgehead atoms. The van der Waals surface area contributed by atoms with Crippen molar-refractivity contribution in [3.63, 3.8) is 0 Å². The third-order valence-corrected chi connectivity index (χ3v) is 2.77. The van der Waals surface area contributed by atoms with Crippen molar-refractivity contribution in [2.45, 2.75) is 19.0 Å². The van der Waals surface area contributed by atoms with Crippen LogP contribution < -0.4 is 11.1 Å². The maximum atomic E-state index is 6.10. The molecule has 2 rings (SSSR count). The molecule has 0 spiro atoms. The van der Waals surface area contributed by atoms with Crippen molar-refractivity contribution in [2.24, 2.45) is 5.73 Å². The first-order valence-electron chi connectivity index (χ1n) is 5.88. The Balaban J connectivity index is 1.68. The van der Waals surface area contributed by atoms with E-state index < -0.39 is 0 Å². The SMILES string of the molecule is NC(CCNCc1ccoc1)c1ccccc1. The summed E-state index contributed by atoms with van der Waals surface area (Å²) in [6.07, 6.45) is 4.37. The summed E-state index contributed by atoms with van der Waals surface area (Å²) in [5.41, 5.74) is 8.45. The highest BCUT2D eigenvalue weighted by atomic mass is 16.3. The number of furan rings is 1.